The van der Waals surface area contributed by atoms with E-state index in [-0.39, 0.29) is 17.9 Å². The summed E-state index contributed by atoms with van der Waals surface area (Å²) in [6.45, 7) is 0. The van der Waals surface area contributed by atoms with Gasteiger partial charge in [0.05, 0.1) is 0 Å². The fourth-order valence-corrected chi connectivity index (χ4v) is 0.173. The van der Waals surface area contributed by atoms with E-state index in [0.717, 1.165) is 0 Å². The quantitative estimate of drug-likeness (QED) is 0.0858. The molecule has 0 aliphatic heterocycles. The van der Waals surface area contributed by atoms with Crippen molar-refractivity contribution in [2.24, 2.45) is 49.4 Å². The molecule has 0 amide bonds. The highest BCUT2D eigenvalue weighted by atomic mass is 31.2. The van der Waals surface area contributed by atoms with Crippen LogP contribution in [0.3, 0.4) is 0 Å². The Morgan fingerprint density at radius 1 is 0.696 bits per heavy atom. The van der Waals surface area contributed by atoms with Gasteiger partial charge in [0.25, 0.3) is 0 Å². The van der Waals surface area contributed by atoms with E-state index in [9.17, 15) is 0 Å². The largest absolute Gasteiger partial charge is 0.466 e. The van der Waals surface area contributed by atoms with E-state index in [1.807, 2.05) is 0 Å². The van der Waals surface area contributed by atoms with Crippen LogP contribution in [-0.2, 0) is 4.57 Å². The minimum absolute atomic E-state index is 0.197. The molecule has 0 heterocycles. The lowest BCUT2D eigenvalue weighted by Gasteiger charge is -1.82. The molecule has 15 N–H and O–H groups in total. The third kappa shape index (κ3) is 170. The third-order valence-corrected chi connectivity index (χ3v) is 0.537. The maximum atomic E-state index is 8.88. The molecule has 17 heteroatoms. The van der Waals surface area contributed by atoms with Crippen molar-refractivity contribution >= 4 is 25.7 Å². The molecule has 0 aliphatic carbocycles. The molecule has 0 saturated heterocycles. The average molecular weight is 350 g/mol. The van der Waals surface area contributed by atoms with Gasteiger partial charge in [-0.2, -0.15) is 15.8 Å². The van der Waals surface area contributed by atoms with E-state index in [4.69, 9.17) is 69.4 Å². The van der Waals surface area contributed by atoms with Crippen molar-refractivity contribution in [3.8, 4) is 18.6 Å². The number of nitrogens with zero attached hydrogens (tertiary/aromatic N) is 6. The van der Waals surface area contributed by atoms with Gasteiger partial charge in [-0.3, -0.25) is 0 Å². The summed E-state index contributed by atoms with van der Waals surface area (Å²) in [5, 5.41) is 22.9. The molecule has 0 aromatic heterocycles. The summed E-state index contributed by atoms with van der Waals surface area (Å²) in [5.41, 5.74) is 28.2. The summed E-state index contributed by atoms with van der Waals surface area (Å²) < 4.78 is 8.88. The van der Waals surface area contributed by atoms with Crippen LogP contribution in [0.25, 0.3) is 0 Å². The normalized spacial score (nSPS) is 7.13. The molecule has 0 saturated carbocycles. The number of nitriles is 3. The Labute approximate surface area is 129 Å². The van der Waals surface area contributed by atoms with Crippen LogP contribution < -0.4 is 34.4 Å². The van der Waals surface area contributed by atoms with Gasteiger partial charge in [-0.05, 0) is 0 Å². The third-order valence-electron chi connectivity index (χ3n) is 0.537. The van der Waals surface area contributed by atoms with E-state index in [0.29, 0.717) is 0 Å². The zero-order valence-electron chi connectivity index (χ0n) is 11.3. The van der Waals surface area contributed by atoms with Gasteiger partial charge in [0.1, 0.15) is 0 Å². The lowest BCUT2D eigenvalue weighted by molar-refractivity contribution is 0.275. The highest BCUT2D eigenvalue weighted by molar-refractivity contribution is 7.45. The topological polar surface area (TPSA) is 342 Å². The lowest BCUT2D eigenvalue weighted by Crippen LogP contribution is -2.21. The molecule has 16 nitrogen and oxygen atoms in total. The van der Waals surface area contributed by atoms with Crippen LogP contribution in [0.15, 0.2) is 15.0 Å². The molecule has 128 valence electrons. The standard InChI is InChI=1S/3C2H4N4.H3O4P/c3*3-1-6-2(4)5;1-5(2,3)4/h3*(H4,4,5,6);(H3,1,2,3,4). The van der Waals surface area contributed by atoms with Crippen LogP contribution in [0.4, 0.5) is 0 Å². The van der Waals surface area contributed by atoms with Crippen LogP contribution in [0.5, 0.6) is 0 Å². The Morgan fingerprint density at radius 2 is 0.826 bits per heavy atom. The van der Waals surface area contributed by atoms with Crippen molar-refractivity contribution < 1.29 is 19.2 Å². The van der Waals surface area contributed by atoms with E-state index < -0.39 is 7.82 Å². The molecular weight excluding hydrogens is 335 g/mol. The predicted octanol–water partition coefficient (Wildman–Crippen LogP) is -4.71. The SMILES string of the molecule is N#CN=C(N)N.N#CN=C(N)N.N#CN=C(N)N.O=P(O)(O)O. The van der Waals surface area contributed by atoms with Gasteiger partial charge in [-0.25, -0.2) is 4.57 Å². The Kier molecular flexibility index (Phi) is 22.1. The molecular formula is C6H15N12O4P. The number of rotatable bonds is 0. The summed E-state index contributed by atoms with van der Waals surface area (Å²) in [4.78, 5) is 30.3. The average Bonchev–Trinajstić information content (AvgIpc) is 2.27. The zero-order valence-corrected chi connectivity index (χ0v) is 12.2. The van der Waals surface area contributed by atoms with Gasteiger partial charge in [-0.15, -0.1) is 15.0 Å². The maximum absolute atomic E-state index is 8.88. The van der Waals surface area contributed by atoms with Crippen LogP contribution in [0, 0.1) is 34.4 Å². The maximum Gasteiger partial charge on any atom is 0.466 e. The van der Waals surface area contributed by atoms with Crippen molar-refractivity contribution in [1.29, 1.82) is 15.8 Å². The predicted molar refractivity (Wildman–Crippen MR) is 78.5 cm³/mol. The van der Waals surface area contributed by atoms with Gasteiger partial charge in [0.15, 0.2) is 0 Å². The number of phosphoric acid groups is 1. The molecule has 0 radical (unpaired) electrons. The van der Waals surface area contributed by atoms with Crippen LogP contribution >= 0.6 is 7.82 Å². The second kappa shape index (κ2) is 18.4. The van der Waals surface area contributed by atoms with E-state index >= 15 is 0 Å². The Bertz CT molecular complexity index is 485. The van der Waals surface area contributed by atoms with Crippen molar-refractivity contribution in [2.75, 3.05) is 0 Å². The van der Waals surface area contributed by atoms with Crippen LogP contribution in [0.1, 0.15) is 0 Å². The fraction of sp³-hybridized carbons (Fsp3) is 0. The Balaban J connectivity index is -0.000000105. The molecule has 0 unspecified atom stereocenters. The smallest absolute Gasteiger partial charge is 0.369 e. The van der Waals surface area contributed by atoms with Gasteiger partial charge < -0.3 is 49.1 Å². The molecule has 0 atom stereocenters. The number of guanidine groups is 3. The van der Waals surface area contributed by atoms with Crippen molar-refractivity contribution in [3.63, 3.8) is 0 Å². The number of hydrogen-bond acceptors (Lipinski definition) is 7. The first-order valence-electron chi connectivity index (χ1n) is 4.53. The molecule has 0 aromatic rings. The molecule has 0 spiro atoms. The molecule has 0 aromatic carbocycles. The molecule has 0 rings (SSSR count). The number of nitrogens with two attached hydrogens (primary N) is 6. The highest BCUT2D eigenvalue weighted by Crippen LogP contribution is 2.25. The first kappa shape index (κ1) is 27.7. The Morgan fingerprint density at radius 3 is 0.826 bits per heavy atom. The molecule has 0 bridgehead atoms. The summed E-state index contributed by atoms with van der Waals surface area (Å²) in [7, 11) is -4.64. The first-order chi connectivity index (χ1) is 10.3. The minimum Gasteiger partial charge on any atom is -0.369 e. The van der Waals surface area contributed by atoms with Gasteiger partial charge in [-0.1, -0.05) is 0 Å². The number of hydrogen-bond donors (Lipinski definition) is 9. The van der Waals surface area contributed by atoms with E-state index in [1.54, 1.807) is 0 Å². The fourth-order valence-electron chi connectivity index (χ4n) is 0.173. The summed E-state index contributed by atoms with van der Waals surface area (Å²) >= 11 is 0. The van der Waals surface area contributed by atoms with Crippen LogP contribution in [0.2, 0.25) is 0 Å². The highest BCUT2D eigenvalue weighted by Gasteiger charge is 2.00. The zero-order chi connectivity index (χ0) is 19.5. The number of aliphatic imine (C=N–C) groups is 3. The molecule has 23 heavy (non-hydrogen) atoms. The summed E-state index contributed by atoms with van der Waals surface area (Å²) in [5.74, 6) is -0.590. The van der Waals surface area contributed by atoms with Crippen molar-refractivity contribution in [2.45, 2.75) is 0 Å². The Hall–Kier alpha value is -3.61. The molecule has 0 aliphatic rings. The van der Waals surface area contributed by atoms with Gasteiger partial charge in [0.2, 0.25) is 36.5 Å². The minimum atomic E-state index is -4.64. The summed E-state index contributed by atoms with van der Waals surface area (Å²) in [6.07, 6.45) is 4.22. The van der Waals surface area contributed by atoms with Gasteiger partial charge >= 0.3 is 7.82 Å². The summed E-state index contributed by atoms with van der Waals surface area (Å²) in [6, 6.07) is 0. The van der Waals surface area contributed by atoms with E-state index in [1.165, 1.54) is 18.6 Å². The first-order valence-corrected chi connectivity index (χ1v) is 6.09. The van der Waals surface area contributed by atoms with Crippen molar-refractivity contribution in [3.05, 3.63) is 0 Å². The second-order valence-electron chi connectivity index (χ2n) is 2.42. The molecule has 0 fully saturated rings. The van der Waals surface area contributed by atoms with Crippen LogP contribution in [-0.4, -0.2) is 32.6 Å². The van der Waals surface area contributed by atoms with Gasteiger partial charge in [0, 0.05) is 0 Å². The lowest BCUT2D eigenvalue weighted by atomic mass is 11.1. The van der Waals surface area contributed by atoms with Crippen molar-refractivity contribution in [1.82, 2.24) is 0 Å². The second-order valence-corrected chi connectivity index (χ2v) is 3.45. The monoisotopic (exact) mass is 350 g/mol. The van der Waals surface area contributed by atoms with E-state index in [2.05, 4.69) is 15.0 Å².